The van der Waals surface area contributed by atoms with Crippen LogP contribution in [-0.4, -0.2) is 48.7 Å². The lowest BCUT2D eigenvalue weighted by Crippen LogP contribution is -2.26. The number of nitrogens with zero attached hydrogens (tertiary/aromatic N) is 6. The van der Waals surface area contributed by atoms with Crippen molar-refractivity contribution in [2.75, 3.05) is 18.0 Å². The molecule has 2 aliphatic rings. The van der Waals surface area contributed by atoms with Crippen molar-refractivity contribution in [3.8, 4) is 29.3 Å². The Kier molecular flexibility index (Phi) is 4.27. The van der Waals surface area contributed by atoms with Crippen LogP contribution < -0.4 is 4.90 Å². The number of carboxylic acids is 1. The zero-order valence-corrected chi connectivity index (χ0v) is 19.5. The number of carboxylic acid groups (broad SMARTS) is 1. The van der Waals surface area contributed by atoms with Gasteiger partial charge in [0.05, 0.1) is 34.4 Å². The summed E-state index contributed by atoms with van der Waals surface area (Å²) in [6, 6.07) is 15.9. The molecule has 1 aliphatic heterocycles. The van der Waals surface area contributed by atoms with Crippen molar-refractivity contribution in [1.29, 1.82) is 0 Å². The zero-order valence-electron chi connectivity index (χ0n) is 19.5. The minimum Gasteiger partial charge on any atom is -0.481 e. The molecule has 1 saturated heterocycles. The number of aromatic nitrogens is 5. The number of anilines is 1. The number of rotatable bonds is 4. The van der Waals surface area contributed by atoms with Crippen molar-refractivity contribution in [2.45, 2.75) is 0 Å². The Morgan fingerprint density at radius 1 is 1.06 bits per heavy atom. The largest absolute Gasteiger partial charge is 0.481 e. The summed E-state index contributed by atoms with van der Waals surface area (Å²) in [7, 11) is 1.91. The molecule has 2 atom stereocenters. The minimum atomic E-state index is -0.680. The Balaban J connectivity index is 1.31. The van der Waals surface area contributed by atoms with Gasteiger partial charge < -0.3 is 10.0 Å². The third-order valence-electron chi connectivity index (χ3n) is 7.56. The Hall–Kier alpha value is -4.64. The molecule has 4 heterocycles. The fourth-order valence-electron chi connectivity index (χ4n) is 5.81. The second-order valence-corrected chi connectivity index (χ2v) is 9.62. The minimum absolute atomic E-state index is 0.194. The highest BCUT2D eigenvalue weighted by atomic mass is 16.4. The summed E-state index contributed by atoms with van der Waals surface area (Å²) in [6.45, 7) is 1.47. The molecule has 3 aromatic heterocycles. The van der Waals surface area contributed by atoms with Crippen molar-refractivity contribution in [2.24, 2.45) is 24.8 Å². The normalized spacial score (nSPS) is 20.6. The second kappa shape index (κ2) is 7.43. The van der Waals surface area contributed by atoms with Gasteiger partial charge in [-0.2, -0.15) is 10.2 Å². The topological polar surface area (TPSA) is 89.1 Å². The fraction of sp³-hybridized carbons (Fsp3) is 0.214. The van der Waals surface area contributed by atoms with Crippen molar-refractivity contribution >= 4 is 33.6 Å². The summed E-state index contributed by atoms with van der Waals surface area (Å²) in [4.78, 5) is 18.2. The number of benzene rings is 2. The average Bonchev–Trinajstić information content (AvgIpc) is 3.23. The van der Waals surface area contributed by atoms with E-state index in [0.29, 0.717) is 0 Å². The maximum atomic E-state index is 11.3. The number of aryl methyl sites for hydroxylation is 1. The molecule has 8 heteroatoms. The van der Waals surface area contributed by atoms with Gasteiger partial charge in [0.2, 0.25) is 0 Å². The predicted octanol–water partition coefficient (Wildman–Crippen LogP) is 3.72. The van der Waals surface area contributed by atoms with Gasteiger partial charge in [0.15, 0.2) is 0 Å². The number of pyridine rings is 1. The molecule has 2 aromatic carbocycles. The zero-order chi connectivity index (χ0) is 24.6. The quantitative estimate of drug-likeness (QED) is 0.400. The number of hydrogen-bond acceptors (Lipinski definition) is 5. The van der Waals surface area contributed by atoms with E-state index in [-0.39, 0.29) is 17.8 Å². The summed E-state index contributed by atoms with van der Waals surface area (Å²) in [5, 5.41) is 20.9. The highest BCUT2D eigenvalue weighted by molar-refractivity contribution is 6.04. The first kappa shape index (κ1) is 20.7. The van der Waals surface area contributed by atoms with Gasteiger partial charge in [-0.3, -0.25) is 9.48 Å². The van der Waals surface area contributed by atoms with E-state index in [0.717, 1.165) is 63.2 Å². The van der Waals surface area contributed by atoms with Crippen LogP contribution in [-0.2, 0) is 11.8 Å². The van der Waals surface area contributed by atoms with Gasteiger partial charge in [-0.25, -0.2) is 9.67 Å². The average molecular weight is 475 g/mol. The molecule has 36 heavy (non-hydrogen) atoms. The van der Waals surface area contributed by atoms with Crippen molar-refractivity contribution in [3.05, 3.63) is 66.5 Å². The van der Waals surface area contributed by atoms with Gasteiger partial charge in [-0.1, -0.05) is 30.2 Å². The molecule has 0 bridgehead atoms. The Morgan fingerprint density at radius 2 is 1.86 bits per heavy atom. The summed E-state index contributed by atoms with van der Waals surface area (Å²) < 4.78 is 3.68. The van der Waals surface area contributed by atoms with E-state index in [2.05, 4.69) is 22.0 Å². The Morgan fingerprint density at radius 3 is 2.58 bits per heavy atom. The third-order valence-corrected chi connectivity index (χ3v) is 7.56. The lowest BCUT2D eigenvalue weighted by molar-refractivity contribution is -0.139. The van der Waals surface area contributed by atoms with Gasteiger partial charge in [0, 0.05) is 42.7 Å². The summed E-state index contributed by atoms with van der Waals surface area (Å²) in [5.74, 6) is 3.25. The standard InChI is InChI=1S/C28H22N6O2/c1-3-16-6-4-8-19-26(18-7-5-9-23-20(18)13-32(2)30-23)31-34(27(16)19)17-10-11-24(29-12-17)33-14-21-22(15-33)25(21)28(35)36/h1,4-13,21-22,25H,14-15H2,2H3,(H,35,36). The van der Waals surface area contributed by atoms with Crippen molar-refractivity contribution in [3.63, 3.8) is 0 Å². The molecular weight excluding hydrogens is 452 g/mol. The number of carbonyl (C=O) groups is 1. The highest BCUT2D eigenvalue weighted by Gasteiger charge is 2.60. The summed E-state index contributed by atoms with van der Waals surface area (Å²) in [6.07, 6.45) is 9.71. The van der Waals surface area contributed by atoms with Crippen LogP contribution in [0.2, 0.25) is 0 Å². The van der Waals surface area contributed by atoms with E-state index in [1.807, 2.05) is 71.3 Å². The number of terminal acetylenes is 1. The van der Waals surface area contributed by atoms with Crippen LogP contribution in [0.4, 0.5) is 5.82 Å². The van der Waals surface area contributed by atoms with Crippen LogP contribution in [0.3, 0.4) is 0 Å². The molecule has 2 fully saturated rings. The molecule has 0 radical (unpaired) electrons. The number of para-hydroxylation sites is 1. The lowest BCUT2D eigenvalue weighted by atomic mass is 10.0. The van der Waals surface area contributed by atoms with Crippen LogP contribution in [0.5, 0.6) is 0 Å². The predicted molar refractivity (Wildman–Crippen MR) is 137 cm³/mol. The van der Waals surface area contributed by atoms with E-state index in [1.165, 1.54) is 0 Å². The van der Waals surface area contributed by atoms with E-state index < -0.39 is 5.97 Å². The smallest absolute Gasteiger partial charge is 0.307 e. The second-order valence-electron chi connectivity index (χ2n) is 9.62. The molecule has 5 aromatic rings. The molecule has 0 amide bonds. The van der Waals surface area contributed by atoms with Gasteiger partial charge >= 0.3 is 5.97 Å². The summed E-state index contributed by atoms with van der Waals surface area (Å²) in [5.41, 5.74) is 5.16. The number of hydrogen-bond donors (Lipinski definition) is 1. The van der Waals surface area contributed by atoms with Crippen LogP contribution >= 0.6 is 0 Å². The van der Waals surface area contributed by atoms with Crippen LogP contribution in [0.25, 0.3) is 38.8 Å². The number of piperidine rings is 1. The number of aliphatic carboxylic acids is 1. The molecule has 1 saturated carbocycles. The SMILES string of the molecule is C#Cc1cccc2c(-c3cccc4nn(C)cc34)nn(-c3ccc(N4CC5C(C4)C5C(=O)O)nc3)c12. The van der Waals surface area contributed by atoms with Gasteiger partial charge in [0.25, 0.3) is 0 Å². The van der Waals surface area contributed by atoms with Gasteiger partial charge in [-0.15, -0.1) is 6.42 Å². The fourth-order valence-corrected chi connectivity index (χ4v) is 5.81. The summed E-state index contributed by atoms with van der Waals surface area (Å²) >= 11 is 0. The molecule has 0 spiro atoms. The molecule has 176 valence electrons. The van der Waals surface area contributed by atoms with Gasteiger partial charge in [0.1, 0.15) is 11.5 Å². The van der Waals surface area contributed by atoms with E-state index >= 15 is 0 Å². The van der Waals surface area contributed by atoms with Crippen molar-refractivity contribution < 1.29 is 9.90 Å². The molecule has 1 N–H and O–H groups in total. The first-order chi connectivity index (χ1) is 17.5. The first-order valence-electron chi connectivity index (χ1n) is 11.9. The van der Waals surface area contributed by atoms with E-state index in [1.54, 1.807) is 0 Å². The molecule has 8 nitrogen and oxygen atoms in total. The maximum absolute atomic E-state index is 11.3. The van der Waals surface area contributed by atoms with E-state index in [4.69, 9.17) is 16.5 Å². The number of fused-ring (bicyclic) bond motifs is 3. The van der Waals surface area contributed by atoms with Crippen LogP contribution in [0.1, 0.15) is 5.56 Å². The molecular formula is C28H22N6O2. The Labute approximate surface area is 206 Å². The van der Waals surface area contributed by atoms with Gasteiger partial charge in [-0.05, 0) is 36.1 Å². The van der Waals surface area contributed by atoms with Crippen LogP contribution in [0, 0.1) is 30.1 Å². The molecule has 2 unspecified atom stereocenters. The maximum Gasteiger partial charge on any atom is 0.307 e. The highest BCUT2D eigenvalue weighted by Crippen LogP contribution is 2.52. The molecule has 7 rings (SSSR count). The van der Waals surface area contributed by atoms with E-state index in [9.17, 15) is 9.90 Å². The molecule has 1 aliphatic carbocycles. The van der Waals surface area contributed by atoms with Crippen LogP contribution in [0.15, 0.2) is 60.9 Å². The third kappa shape index (κ3) is 2.96. The monoisotopic (exact) mass is 474 g/mol. The lowest BCUT2D eigenvalue weighted by Gasteiger charge is -2.20. The first-order valence-corrected chi connectivity index (χ1v) is 11.9. The Bertz CT molecular complexity index is 1710. The van der Waals surface area contributed by atoms with Crippen molar-refractivity contribution in [1.82, 2.24) is 24.5 Å².